The van der Waals surface area contributed by atoms with E-state index in [0.717, 1.165) is 12.4 Å². The first-order valence-corrected chi connectivity index (χ1v) is 5.99. The maximum absolute atomic E-state index is 13.3. The molecular formula is C14H9F3N4. The molecule has 106 valence electrons. The van der Waals surface area contributed by atoms with Gasteiger partial charge in [-0.25, -0.2) is 9.97 Å². The summed E-state index contributed by atoms with van der Waals surface area (Å²) in [5.74, 6) is 0.106. The standard InChI is InChI=1S/C14H9F3N4/c15-14(16,17)10-4-8-2-1-3-19-11(8)5-9(10)12-6-13(18)21-7-20-12/h1-7H,(H2,18,20,21). The Balaban J connectivity index is 2.33. The van der Waals surface area contributed by atoms with Gasteiger partial charge in [0.25, 0.3) is 0 Å². The first-order chi connectivity index (χ1) is 9.95. The highest BCUT2D eigenvalue weighted by molar-refractivity contribution is 5.86. The Bertz CT molecular complexity index is 815. The maximum Gasteiger partial charge on any atom is 0.417 e. The van der Waals surface area contributed by atoms with E-state index in [1.165, 1.54) is 18.3 Å². The van der Waals surface area contributed by atoms with E-state index in [2.05, 4.69) is 15.0 Å². The monoisotopic (exact) mass is 290 g/mol. The molecule has 7 heteroatoms. The van der Waals surface area contributed by atoms with Crippen molar-refractivity contribution in [3.8, 4) is 11.3 Å². The van der Waals surface area contributed by atoms with Gasteiger partial charge in [-0.1, -0.05) is 6.07 Å². The van der Waals surface area contributed by atoms with Gasteiger partial charge in [0.15, 0.2) is 0 Å². The van der Waals surface area contributed by atoms with Gasteiger partial charge in [0.1, 0.15) is 12.1 Å². The van der Waals surface area contributed by atoms with Crippen LogP contribution in [0.2, 0.25) is 0 Å². The number of fused-ring (bicyclic) bond motifs is 1. The van der Waals surface area contributed by atoms with E-state index in [1.54, 1.807) is 12.1 Å². The number of anilines is 1. The lowest BCUT2D eigenvalue weighted by Gasteiger charge is -2.13. The molecule has 0 aliphatic rings. The highest BCUT2D eigenvalue weighted by Crippen LogP contribution is 2.38. The van der Waals surface area contributed by atoms with Crippen molar-refractivity contribution >= 4 is 16.7 Å². The first-order valence-electron chi connectivity index (χ1n) is 5.99. The van der Waals surface area contributed by atoms with Crippen molar-refractivity contribution in [3.05, 3.63) is 48.4 Å². The predicted molar refractivity (Wildman–Crippen MR) is 72.2 cm³/mol. The summed E-state index contributed by atoms with van der Waals surface area (Å²) in [5, 5.41) is 0.413. The summed E-state index contributed by atoms with van der Waals surface area (Å²) >= 11 is 0. The van der Waals surface area contributed by atoms with Crippen molar-refractivity contribution < 1.29 is 13.2 Å². The van der Waals surface area contributed by atoms with Crippen LogP contribution in [0.4, 0.5) is 19.0 Å². The average Bonchev–Trinajstić information content (AvgIpc) is 2.45. The van der Waals surface area contributed by atoms with Crippen LogP contribution in [0.5, 0.6) is 0 Å². The summed E-state index contributed by atoms with van der Waals surface area (Å²) in [6.45, 7) is 0. The van der Waals surface area contributed by atoms with E-state index < -0.39 is 11.7 Å². The molecule has 0 saturated carbocycles. The number of nitrogens with two attached hydrogens (primary N) is 1. The third kappa shape index (κ3) is 2.49. The highest BCUT2D eigenvalue weighted by atomic mass is 19.4. The summed E-state index contributed by atoms with van der Waals surface area (Å²) in [5.41, 5.74) is 5.25. The number of hydrogen-bond donors (Lipinski definition) is 1. The Morgan fingerprint density at radius 1 is 1.00 bits per heavy atom. The van der Waals surface area contributed by atoms with Gasteiger partial charge < -0.3 is 5.73 Å². The molecule has 0 aliphatic carbocycles. The lowest BCUT2D eigenvalue weighted by Crippen LogP contribution is -2.08. The van der Waals surface area contributed by atoms with E-state index >= 15 is 0 Å². The van der Waals surface area contributed by atoms with Crippen molar-refractivity contribution in [1.82, 2.24) is 15.0 Å². The van der Waals surface area contributed by atoms with Crippen molar-refractivity contribution in [2.75, 3.05) is 5.73 Å². The number of hydrogen-bond acceptors (Lipinski definition) is 4. The number of halogens is 3. The normalized spacial score (nSPS) is 11.8. The van der Waals surface area contributed by atoms with Crippen LogP contribution in [-0.2, 0) is 6.18 Å². The molecule has 2 N–H and O–H groups in total. The topological polar surface area (TPSA) is 64.7 Å². The van der Waals surface area contributed by atoms with Crippen LogP contribution in [0, 0.1) is 0 Å². The molecule has 2 aromatic heterocycles. The number of nitrogens with zero attached hydrogens (tertiary/aromatic N) is 3. The van der Waals surface area contributed by atoms with Crippen LogP contribution < -0.4 is 5.73 Å². The van der Waals surface area contributed by atoms with Crippen LogP contribution in [0.3, 0.4) is 0 Å². The zero-order valence-corrected chi connectivity index (χ0v) is 10.6. The van der Waals surface area contributed by atoms with Crippen LogP contribution >= 0.6 is 0 Å². The zero-order chi connectivity index (χ0) is 15.0. The third-order valence-corrected chi connectivity index (χ3v) is 3.01. The summed E-state index contributed by atoms with van der Waals surface area (Å²) in [6, 6.07) is 6.90. The number of nitrogen functional groups attached to an aromatic ring is 1. The molecule has 0 amide bonds. The van der Waals surface area contributed by atoms with E-state index in [1.807, 2.05) is 0 Å². The van der Waals surface area contributed by atoms with E-state index in [0.29, 0.717) is 10.9 Å². The minimum atomic E-state index is -4.50. The van der Waals surface area contributed by atoms with Crippen molar-refractivity contribution in [1.29, 1.82) is 0 Å². The van der Waals surface area contributed by atoms with Gasteiger partial charge in [-0.15, -0.1) is 0 Å². The predicted octanol–water partition coefficient (Wildman–Crippen LogP) is 3.29. The minimum Gasteiger partial charge on any atom is -0.384 e. The van der Waals surface area contributed by atoms with Crippen molar-refractivity contribution in [2.24, 2.45) is 0 Å². The molecular weight excluding hydrogens is 281 g/mol. The molecule has 0 spiro atoms. The number of benzene rings is 1. The highest BCUT2D eigenvalue weighted by Gasteiger charge is 2.34. The summed E-state index contributed by atoms with van der Waals surface area (Å²) in [7, 11) is 0. The largest absolute Gasteiger partial charge is 0.417 e. The molecule has 1 aromatic carbocycles. The molecule has 0 fully saturated rings. The first kappa shape index (κ1) is 13.3. The van der Waals surface area contributed by atoms with Gasteiger partial charge in [-0.05, 0) is 18.2 Å². The average molecular weight is 290 g/mol. The number of alkyl halides is 3. The molecule has 0 aliphatic heterocycles. The third-order valence-electron chi connectivity index (χ3n) is 3.01. The molecule has 0 radical (unpaired) electrons. The second kappa shape index (κ2) is 4.69. The smallest absolute Gasteiger partial charge is 0.384 e. The zero-order valence-electron chi connectivity index (χ0n) is 10.6. The lowest BCUT2D eigenvalue weighted by atomic mass is 10.0. The Hall–Kier alpha value is -2.70. The fourth-order valence-electron chi connectivity index (χ4n) is 2.09. The molecule has 2 heterocycles. The fraction of sp³-hybridized carbons (Fsp3) is 0.0714. The van der Waals surface area contributed by atoms with Crippen LogP contribution in [0.1, 0.15) is 5.56 Å². The summed E-state index contributed by atoms with van der Waals surface area (Å²) < 4.78 is 39.8. The van der Waals surface area contributed by atoms with Crippen LogP contribution in [0.25, 0.3) is 22.2 Å². The summed E-state index contributed by atoms with van der Waals surface area (Å²) in [4.78, 5) is 11.6. The second-order valence-electron chi connectivity index (χ2n) is 4.42. The maximum atomic E-state index is 13.3. The van der Waals surface area contributed by atoms with Gasteiger partial charge in [0, 0.05) is 23.2 Å². The van der Waals surface area contributed by atoms with E-state index in [4.69, 9.17) is 5.73 Å². The van der Waals surface area contributed by atoms with E-state index in [9.17, 15) is 13.2 Å². The fourth-order valence-corrected chi connectivity index (χ4v) is 2.09. The van der Waals surface area contributed by atoms with Gasteiger partial charge in [-0.3, -0.25) is 4.98 Å². The SMILES string of the molecule is Nc1cc(-c2cc3ncccc3cc2C(F)(F)F)ncn1. The molecule has 0 atom stereocenters. The Morgan fingerprint density at radius 3 is 2.52 bits per heavy atom. The number of pyridine rings is 1. The van der Waals surface area contributed by atoms with Gasteiger partial charge in [0.05, 0.1) is 16.8 Å². The molecule has 0 saturated heterocycles. The van der Waals surface area contributed by atoms with Crippen molar-refractivity contribution in [2.45, 2.75) is 6.18 Å². The van der Waals surface area contributed by atoms with Gasteiger partial charge in [-0.2, -0.15) is 13.2 Å². The molecule has 0 unspecified atom stereocenters. The van der Waals surface area contributed by atoms with Crippen LogP contribution in [-0.4, -0.2) is 15.0 Å². The number of aromatic nitrogens is 3. The Kier molecular flexibility index (Phi) is 2.97. The molecule has 3 aromatic rings. The quantitative estimate of drug-likeness (QED) is 0.747. The van der Waals surface area contributed by atoms with Gasteiger partial charge in [0.2, 0.25) is 0 Å². The number of rotatable bonds is 1. The van der Waals surface area contributed by atoms with Gasteiger partial charge >= 0.3 is 6.18 Å². The Morgan fingerprint density at radius 2 is 1.81 bits per heavy atom. The van der Waals surface area contributed by atoms with Crippen molar-refractivity contribution in [3.63, 3.8) is 0 Å². The molecule has 3 rings (SSSR count). The molecule has 4 nitrogen and oxygen atoms in total. The molecule has 0 bridgehead atoms. The minimum absolute atomic E-state index is 0.0669. The van der Waals surface area contributed by atoms with E-state index in [-0.39, 0.29) is 17.1 Å². The van der Waals surface area contributed by atoms with Crippen LogP contribution in [0.15, 0.2) is 42.9 Å². The molecule has 21 heavy (non-hydrogen) atoms. The Labute approximate surface area is 117 Å². The summed E-state index contributed by atoms with van der Waals surface area (Å²) in [6.07, 6.45) is -1.85. The lowest BCUT2D eigenvalue weighted by molar-refractivity contribution is -0.137. The second-order valence-corrected chi connectivity index (χ2v) is 4.42.